The summed E-state index contributed by atoms with van der Waals surface area (Å²) in [5.74, 6) is -7.21. The number of rotatable bonds is 10. The van der Waals surface area contributed by atoms with Crippen molar-refractivity contribution in [1.29, 1.82) is 5.26 Å². The van der Waals surface area contributed by atoms with Gasteiger partial charge in [-0.15, -0.1) is 0 Å². The molecule has 0 fully saturated rings. The van der Waals surface area contributed by atoms with Crippen molar-refractivity contribution >= 4 is 17.0 Å². The highest BCUT2D eigenvalue weighted by molar-refractivity contribution is 5.92. The summed E-state index contributed by atoms with van der Waals surface area (Å²) in [7, 11) is 1.40. The summed E-state index contributed by atoms with van der Waals surface area (Å²) in [4.78, 5) is 19.7. The van der Waals surface area contributed by atoms with E-state index in [0.717, 1.165) is 18.2 Å². The molecule has 0 spiro atoms. The predicted octanol–water partition coefficient (Wildman–Crippen LogP) is 6.18. The second-order valence-corrected chi connectivity index (χ2v) is 9.56. The molecule has 2 heterocycles. The van der Waals surface area contributed by atoms with Crippen molar-refractivity contribution in [2.24, 2.45) is 0 Å². The number of pyridine rings is 1. The first-order valence-electron chi connectivity index (χ1n) is 13.0. The van der Waals surface area contributed by atoms with Gasteiger partial charge in [0.1, 0.15) is 29.6 Å². The molecule has 224 valence electrons. The zero-order valence-electron chi connectivity index (χ0n) is 22.9. The molecule has 0 saturated heterocycles. The van der Waals surface area contributed by atoms with Gasteiger partial charge in [0.15, 0.2) is 17.5 Å². The van der Waals surface area contributed by atoms with E-state index < -0.39 is 52.6 Å². The van der Waals surface area contributed by atoms with Crippen LogP contribution in [0.4, 0.5) is 22.0 Å². The Morgan fingerprint density at radius 2 is 1.77 bits per heavy atom. The average Bonchev–Trinajstić information content (AvgIpc) is 3.36. The Morgan fingerprint density at radius 1 is 0.977 bits per heavy atom. The highest BCUT2D eigenvalue weighted by atomic mass is 19.2. The Morgan fingerprint density at radius 3 is 2.48 bits per heavy atom. The van der Waals surface area contributed by atoms with Crippen LogP contribution in [0.15, 0.2) is 54.6 Å². The van der Waals surface area contributed by atoms with Gasteiger partial charge in [-0.2, -0.15) is 5.26 Å². The molecule has 13 heteroatoms. The van der Waals surface area contributed by atoms with E-state index in [-0.39, 0.29) is 64.9 Å². The van der Waals surface area contributed by atoms with E-state index in [9.17, 15) is 18.7 Å². The van der Waals surface area contributed by atoms with E-state index in [1.54, 1.807) is 0 Å². The van der Waals surface area contributed by atoms with Crippen LogP contribution >= 0.6 is 0 Å². The van der Waals surface area contributed by atoms with Crippen molar-refractivity contribution in [2.45, 2.75) is 19.6 Å². The Hall–Kier alpha value is -5.35. The van der Waals surface area contributed by atoms with Gasteiger partial charge in [0.05, 0.1) is 35.0 Å². The van der Waals surface area contributed by atoms with Crippen LogP contribution in [0, 0.1) is 40.4 Å². The summed E-state index contributed by atoms with van der Waals surface area (Å²) < 4.78 is 87.0. The van der Waals surface area contributed by atoms with E-state index in [1.165, 1.54) is 48.1 Å². The molecule has 1 N–H and O–H groups in total. The molecular formula is C31H21F5N4O4. The third-order valence-electron chi connectivity index (χ3n) is 6.80. The minimum atomic E-state index is -1.52. The van der Waals surface area contributed by atoms with E-state index in [0.29, 0.717) is 0 Å². The van der Waals surface area contributed by atoms with Gasteiger partial charge in [0, 0.05) is 42.8 Å². The smallest absolute Gasteiger partial charge is 0.335 e. The van der Waals surface area contributed by atoms with E-state index in [4.69, 9.17) is 14.7 Å². The van der Waals surface area contributed by atoms with Gasteiger partial charge in [-0.3, -0.25) is 0 Å². The van der Waals surface area contributed by atoms with Gasteiger partial charge in [-0.1, -0.05) is 12.1 Å². The third kappa shape index (κ3) is 5.93. The monoisotopic (exact) mass is 608 g/mol. The topological polar surface area (TPSA) is 110 Å². The fourth-order valence-corrected chi connectivity index (χ4v) is 4.59. The Balaban J connectivity index is 1.46. The number of fused-ring (bicyclic) bond motifs is 1. The molecule has 5 aromatic rings. The highest BCUT2D eigenvalue weighted by Crippen LogP contribution is 2.31. The molecule has 0 radical (unpaired) electrons. The maximum Gasteiger partial charge on any atom is 0.335 e. The minimum Gasteiger partial charge on any atom is -0.478 e. The number of methoxy groups -OCH3 is 1. The van der Waals surface area contributed by atoms with Gasteiger partial charge in [-0.25, -0.2) is 36.7 Å². The number of imidazole rings is 1. The number of ether oxygens (including phenoxy) is 2. The van der Waals surface area contributed by atoms with Crippen LogP contribution in [0.2, 0.25) is 0 Å². The first kappa shape index (κ1) is 30.1. The molecule has 2 aromatic heterocycles. The van der Waals surface area contributed by atoms with Crippen LogP contribution in [0.5, 0.6) is 5.88 Å². The van der Waals surface area contributed by atoms with Crippen molar-refractivity contribution in [3.8, 4) is 23.2 Å². The molecule has 0 unspecified atom stereocenters. The molecule has 0 amide bonds. The number of nitriles is 1. The quantitative estimate of drug-likeness (QED) is 0.149. The number of aromatic nitrogens is 3. The molecule has 0 aliphatic rings. The first-order valence-corrected chi connectivity index (χ1v) is 13.0. The van der Waals surface area contributed by atoms with Crippen LogP contribution in [0.25, 0.3) is 22.3 Å². The molecule has 0 atom stereocenters. The lowest BCUT2D eigenvalue weighted by atomic mass is 10.0. The fourth-order valence-electron chi connectivity index (χ4n) is 4.59. The van der Waals surface area contributed by atoms with Gasteiger partial charge in [0.2, 0.25) is 5.88 Å². The molecule has 44 heavy (non-hydrogen) atoms. The number of benzene rings is 3. The fraction of sp³-hybridized carbons (Fsp3) is 0.161. The zero-order valence-corrected chi connectivity index (χ0v) is 22.9. The second-order valence-electron chi connectivity index (χ2n) is 9.56. The lowest BCUT2D eigenvalue weighted by molar-refractivity contribution is 0.0696. The van der Waals surface area contributed by atoms with Crippen molar-refractivity contribution in [2.75, 3.05) is 13.7 Å². The van der Waals surface area contributed by atoms with E-state index in [1.807, 2.05) is 6.07 Å². The van der Waals surface area contributed by atoms with Gasteiger partial charge >= 0.3 is 5.97 Å². The Labute approximate surface area is 246 Å². The molecule has 0 aliphatic carbocycles. The minimum absolute atomic E-state index is 0.0394. The number of nitrogens with zero attached hydrogens (tertiary/aromatic N) is 4. The summed E-state index contributed by atoms with van der Waals surface area (Å²) in [6.07, 6.45) is -0.595. The van der Waals surface area contributed by atoms with Gasteiger partial charge < -0.3 is 19.1 Å². The van der Waals surface area contributed by atoms with Crippen molar-refractivity contribution in [3.05, 3.63) is 112 Å². The molecule has 0 saturated carbocycles. The number of hydrogen-bond donors (Lipinski definition) is 1. The van der Waals surface area contributed by atoms with Crippen LogP contribution < -0.4 is 4.74 Å². The molecular weight excluding hydrogens is 587 g/mol. The summed E-state index contributed by atoms with van der Waals surface area (Å²) in [5, 5.41) is 18.2. The molecule has 8 nitrogen and oxygen atoms in total. The maximum absolute atomic E-state index is 15.4. The number of carbonyl (C=O) groups is 1. The first-order chi connectivity index (χ1) is 21.1. The van der Waals surface area contributed by atoms with Crippen LogP contribution in [0.1, 0.15) is 32.9 Å². The van der Waals surface area contributed by atoms with Crippen LogP contribution in [-0.2, 0) is 24.3 Å². The van der Waals surface area contributed by atoms with Crippen molar-refractivity contribution < 1.29 is 41.3 Å². The van der Waals surface area contributed by atoms with Crippen LogP contribution in [-0.4, -0.2) is 39.3 Å². The molecule has 0 bridgehead atoms. The Kier molecular flexibility index (Phi) is 8.54. The summed E-state index contributed by atoms with van der Waals surface area (Å²) >= 11 is 0. The highest BCUT2D eigenvalue weighted by Gasteiger charge is 2.24. The summed E-state index contributed by atoms with van der Waals surface area (Å²) in [5.41, 5.74) is -1.63. The lowest BCUT2D eigenvalue weighted by Gasteiger charge is -2.13. The van der Waals surface area contributed by atoms with Gasteiger partial charge in [-0.05, 0) is 36.4 Å². The number of carboxylic acid groups (broad SMARTS) is 1. The standard InChI is InChI=1S/C31H21F5N4O4/c1-43-8-7-40-25-11-18(31(41)42)10-23(34)30(25)39-26(40)13-19-22(33)12-20(29(36)28(19)35)24-3-2-4-27(38-24)44-15-17-6-5-16(14-37)9-21(17)32/h2-6,9-12H,7-8,13,15H2,1H3,(H,41,42). The van der Waals surface area contributed by atoms with Crippen LogP contribution in [0.3, 0.4) is 0 Å². The average molecular weight is 609 g/mol. The number of hydrogen-bond acceptors (Lipinski definition) is 6. The van der Waals surface area contributed by atoms with E-state index in [2.05, 4.69) is 9.97 Å². The Bertz CT molecular complexity index is 1950. The number of halogens is 5. The number of aromatic carboxylic acids is 1. The third-order valence-corrected chi connectivity index (χ3v) is 6.80. The number of carboxylic acids is 1. The molecule has 0 aliphatic heterocycles. The largest absolute Gasteiger partial charge is 0.478 e. The normalized spacial score (nSPS) is 11.1. The van der Waals surface area contributed by atoms with E-state index >= 15 is 13.2 Å². The summed E-state index contributed by atoms with van der Waals surface area (Å²) in [6, 6.07) is 12.5. The summed E-state index contributed by atoms with van der Waals surface area (Å²) in [6.45, 7) is -0.161. The van der Waals surface area contributed by atoms with Crippen molar-refractivity contribution in [1.82, 2.24) is 14.5 Å². The predicted molar refractivity (Wildman–Crippen MR) is 146 cm³/mol. The molecule has 5 rings (SSSR count). The van der Waals surface area contributed by atoms with Gasteiger partial charge in [0.25, 0.3) is 0 Å². The van der Waals surface area contributed by atoms with Crippen molar-refractivity contribution in [3.63, 3.8) is 0 Å². The maximum atomic E-state index is 15.4. The lowest BCUT2D eigenvalue weighted by Crippen LogP contribution is -2.11. The zero-order chi connectivity index (χ0) is 31.5. The molecule has 3 aromatic carbocycles. The SMILES string of the molecule is COCCn1c(Cc2c(F)cc(-c3cccc(OCc4ccc(C#N)cc4F)n3)c(F)c2F)nc2c(F)cc(C(=O)O)cc21. The second kappa shape index (κ2) is 12.5.